The van der Waals surface area contributed by atoms with E-state index in [2.05, 4.69) is 9.80 Å². The zero-order valence-corrected chi connectivity index (χ0v) is 12.8. The second-order valence-electron chi connectivity index (χ2n) is 6.01. The molecule has 4 nitrogen and oxygen atoms in total. The van der Waals surface area contributed by atoms with Crippen molar-refractivity contribution in [3.8, 4) is 5.75 Å². The van der Waals surface area contributed by atoms with Gasteiger partial charge in [0.2, 0.25) is 0 Å². The largest absolute Gasteiger partial charge is 0.491 e. The molecule has 0 N–H and O–H groups in total. The average Bonchev–Trinajstić information content (AvgIpc) is 3.33. The topological polar surface area (TPSA) is 32.8 Å². The van der Waals surface area contributed by atoms with Crippen LogP contribution in [-0.4, -0.2) is 61.0 Å². The van der Waals surface area contributed by atoms with Gasteiger partial charge in [0.1, 0.15) is 12.4 Å². The molecular formula is C17H24N2O2. The van der Waals surface area contributed by atoms with Crippen molar-refractivity contribution in [2.24, 2.45) is 0 Å². The van der Waals surface area contributed by atoms with E-state index in [-0.39, 0.29) is 5.78 Å². The summed E-state index contributed by atoms with van der Waals surface area (Å²) in [4.78, 5) is 16.6. The van der Waals surface area contributed by atoms with E-state index < -0.39 is 0 Å². The summed E-state index contributed by atoms with van der Waals surface area (Å²) < 4.78 is 5.81. The third-order valence-corrected chi connectivity index (χ3v) is 4.40. The molecule has 21 heavy (non-hydrogen) atoms. The van der Waals surface area contributed by atoms with Crippen molar-refractivity contribution >= 4 is 5.78 Å². The number of Topliss-reactive ketones (excluding diaryl/α,β-unsaturated/α-hetero) is 1. The first-order valence-corrected chi connectivity index (χ1v) is 7.93. The zero-order chi connectivity index (χ0) is 14.7. The summed E-state index contributed by atoms with van der Waals surface area (Å²) in [7, 11) is 0. The summed E-state index contributed by atoms with van der Waals surface area (Å²) in [6.45, 7) is 7.81. The highest BCUT2D eigenvalue weighted by Crippen LogP contribution is 2.27. The van der Waals surface area contributed by atoms with Crippen LogP contribution in [0, 0.1) is 0 Å². The van der Waals surface area contributed by atoms with E-state index in [1.807, 2.05) is 24.3 Å². The third-order valence-electron chi connectivity index (χ3n) is 4.40. The number of ether oxygens (including phenoxy) is 1. The number of ketones is 1. The molecule has 0 radical (unpaired) electrons. The van der Waals surface area contributed by atoms with Crippen molar-refractivity contribution in [3.05, 3.63) is 29.8 Å². The maximum Gasteiger partial charge on any atom is 0.163 e. The van der Waals surface area contributed by atoms with Crippen LogP contribution in [0.15, 0.2) is 24.3 Å². The normalized spacial score (nSPS) is 20.4. The number of rotatable bonds is 6. The molecule has 1 aliphatic heterocycles. The summed E-state index contributed by atoms with van der Waals surface area (Å²) in [5.74, 6) is 0.769. The lowest BCUT2D eigenvalue weighted by atomic mass is 10.1. The van der Waals surface area contributed by atoms with Crippen LogP contribution in [0.2, 0.25) is 0 Å². The van der Waals surface area contributed by atoms with Gasteiger partial charge in [-0.2, -0.15) is 0 Å². The van der Waals surface area contributed by atoms with Crippen LogP contribution in [0.4, 0.5) is 0 Å². The minimum absolute atomic E-state index is 0.0589. The Morgan fingerprint density at radius 3 is 2.57 bits per heavy atom. The quantitative estimate of drug-likeness (QED) is 0.750. The lowest BCUT2D eigenvalue weighted by Gasteiger charge is -2.34. The monoisotopic (exact) mass is 288 g/mol. The second-order valence-corrected chi connectivity index (χ2v) is 6.01. The maximum atomic E-state index is 11.5. The molecule has 0 spiro atoms. The Hall–Kier alpha value is -1.39. The van der Waals surface area contributed by atoms with E-state index in [1.54, 1.807) is 6.92 Å². The summed E-state index contributed by atoms with van der Waals surface area (Å²) in [5.41, 5.74) is 0.677. The molecule has 3 rings (SSSR count). The molecule has 1 heterocycles. The molecule has 1 aromatic carbocycles. The Labute approximate surface area is 126 Å². The highest BCUT2D eigenvalue weighted by molar-refractivity contribution is 5.96. The van der Waals surface area contributed by atoms with Crippen molar-refractivity contribution in [1.29, 1.82) is 0 Å². The first-order valence-electron chi connectivity index (χ1n) is 7.93. The van der Waals surface area contributed by atoms with Gasteiger partial charge in [0.15, 0.2) is 5.78 Å². The number of hydrogen-bond acceptors (Lipinski definition) is 4. The van der Waals surface area contributed by atoms with Crippen LogP contribution < -0.4 is 4.74 Å². The summed E-state index contributed by atoms with van der Waals surface area (Å²) in [6, 6.07) is 8.37. The lowest BCUT2D eigenvalue weighted by molar-refractivity contribution is 0.100. The molecule has 0 aromatic heterocycles. The minimum atomic E-state index is 0.0589. The van der Waals surface area contributed by atoms with Crippen LogP contribution in [0.25, 0.3) is 0 Å². The van der Waals surface area contributed by atoms with Gasteiger partial charge in [0.25, 0.3) is 0 Å². The SMILES string of the molecule is CC(=O)c1ccccc1OCCN1CCN(C2CC2)CC1. The van der Waals surface area contributed by atoms with E-state index in [4.69, 9.17) is 4.74 Å². The Balaban J connectivity index is 1.43. The highest BCUT2D eigenvalue weighted by atomic mass is 16.5. The first-order chi connectivity index (χ1) is 10.2. The molecule has 1 aliphatic carbocycles. The Morgan fingerprint density at radius 1 is 1.19 bits per heavy atom. The van der Waals surface area contributed by atoms with E-state index in [0.717, 1.165) is 25.7 Å². The molecule has 1 aromatic rings. The van der Waals surface area contributed by atoms with Crippen LogP contribution >= 0.6 is 0 Å². The molecule has 4 heteroatoms. The molecule has 2 fully saturated rings. The zero-order valence-electron chi connectivity index (χ0n) is 12.8. The van der Waals surface area contributed by atoms with Gasteiger partial charge in [-0.1, -0.05) is 12.1 Å². The number of carbonyl (C=O) groups excluding carboxylic acids is 1. The minimum Gasteiger partial charge on any atom is -0.491 e. The second kappa shape index (κ2) is 6.58. The van der Waals surface area contributed by atoms with Crippen molar-refractivity contribution in [3.63, 3.8) is 0 Å². The van der Waals surface area contributed by atoms with Gasteiger partial charge < -0.3 is 4.74 Å². The van der Waals surface area contributed by atoms with E-state index >= 15 is 0 Å². The summed E-state index contributed by atoms with van der Waals surface area (Å²) in [5, 5.41) is 0. The molecule has 0 amide bonds. The fourth-order valence-corrected chi connectivity index (χ4v) is 2.96. The fraction of sp³-hybridized carbons (Fsp3) is 0.588. The Bertz CT molecular complexity index is 491. The predicted molar refractivity (Wildman–Crippen MR) is 83.0 cm³/mol. The van der Waals surface area contributed by atoms with E-state index in [0.29, 0.717) is 17.9 Å². The van der Waals surface area contributed by atoms with Crippen molar-refractivity contribution < 1.29 is 9.53 Å². The van der Waals surface area contributed by atoms with Gasteiger partial charge in [0, 0.05) is 38.8 Å². The summed E-state index contributed by atoms with van der Waals surface area (Å²) in [6.07, 6.45) is 2.79. The molecule has 114 valence electrons. The number of benzene rings is 1. The fourth-order valence-electron chi connectivity index (χ4n) is 2.96. The smallest absolute Gasteiger partial charge is 0.163 e. The Morgan fingerprint density at radius 2 is 1.90 bits per heavy atom. The predicted octanol–water partition coefficient (Wildman–Crippen LogP) is 2.05. The Kier molecular flexibility index (Phi) is 4.56. The third kappa shape index (κ3) is 3.83. The maximum absolute atomic E-state index is 11.5. The van der Waals surface area contributed by atoms with Crippen molar-refractivity contribution in [1.82, 2.24) is 9.80 Å². The van der Waals surface area contributed by atoms with Crippen molar-refractivity contribution in [2.45, 2.75) is 25.8 Å². The number of piperazine rings is 1. The molecule has 1 saturated heterocycles. The molecule has 0 bridgehead atoms. The molecule has 0 unspecified atom stereocenters. The van der Waals surface area contributed by atoms with Crippen LogP contribution in [0.3, 0.4) is 0 Å². The molecular weight excluding hydrogens is 264 g/mol. The average molecular weight is 288 g/mol. The van der Waals surface area contributed by atoms with Gasteiger partial charge in [-0.25, -0.2) is 0 Å². The number of carbonyl (C=O) groups is 1. The molecule has 0 atom stereocenters. The van der Waals surface area contributed by atoms with Crippen LogP contribution in [-0.2, 0) is 0 Å². The standard InChI is InChI=1S/C17H24N2O2/c1-14(20)16-4-2-3-5-17(16)21-13-12-18-8-10-19(11-9-18)15-6-7-15/h2-5,15H,6-13H2,1H3. The molecule has 1 saturated carbocycles. The number of para-hydroxylation sites is 1. The number of hydrogen-bond donors (Lipinski definition) is 0. The van der Waals surface area contributed by atoms with Crippen LogP contribution in [0.5, 0.6) is 5.75 Å². The van der Waals surface area contributed by atoms with E-state index in [9.17, 15) is 4.79 Å². The highest BCUT2D eigenvalue weighted by Gasteiger charge is 2.30. The number of nitrogens with zero attached hydrogens (tertiary/aromatic N) is 2. The van der Waals surface area contributed by atoms with Gasteiger partial charge in [0.05, 0.1) is 5.56 Å². The van der Waals surface area contributed by atoms with Crippen LogP contribution in [0.1, 0.15) is 30.1 Å². The van der Waals surface area contributed by atoms with Crippen molar-refractivity contribution in [2.75, 3.05) is 39.3 Å². The van der Waals surface area contributed by atoms with E-state index in [1.165, 1.54) is 25.9 Å². The van der Waals surface area contributed by atoms with Gasteiger partial charge in [-0.3, -0.25) is 14.6 Å². The van der Waals surface area contributed by atoms with Gasteiger partial charge in [-0.15, -0.1) is 0 Å². The van der Waals surface area contributed by atoms with Gasteiger partial charge in [-0.05, 0) is 31.9 Å². The first kappa shape index (κ1) is 14.5. The molecule has 2 aliphatic rings. The summed E-state index contributed by atoms with van der Waals surface area (Å²) >= 11 is 0. The lowest BCUT2D eigenvalue weighted by Crippen LogP contribution is -2.48. The van der Waals surface area contributed by atoms with Gasteiger partial charge >= 0.3 is 0 Å².